The minimum absolute atomic E-state index is 0.0327. The van der Waals surface area contributed by atoms with Crippen molar-refractivity contribution in [3.05, 3.63) is 64.5 Å². The SMILES string of the molecule is CNC(c1ccc(OC)c(C)c1)c1ccc(C)c(F)c1. The molecule has 0 spiro atoms. The van der Waals surface area contributed by atoms with Gasteiger partial charge in [0.15, 0.2) is 0 Å². The van der Waals surface area contributed by atoms with Gasteiger partial charge in [0.05, 0.1) is 13.2 Å². The van der Waals surface area contributed by atoms with Gasteiger partial charge in [-0.3, -0.25) is 0 Å². The predicted molar refractivity (Wildman–Crippen MR) is 79.8 cm³/mol. The molecule has 0 radical (unpaired) electrons. The van der Waals surface area contributed by atoms with Crippen molar-refractivity contribution in [2.45, 2.75) is 19.9 Å². The number of nitrogens with one attached hydrogen (secondary N) is 1. The molecule has 0 bridgehead atoms. The van der Waals surface area contributed by atoms with E-state index in [2.05, 4.69) is 11.4 Å². The largest absolute Gasteiger partial charge is 0.496 e. The fraction of sp³-hybridized carbons (Fsp3) is 0.294. The van der Waals surface area contributed by atoms with Crippen LogP contribution in [0, 0.1) is 19.7 Å². The molecule has 0 heterocycles. The Morgan fingerprint density at radius 2 is 1.65 bits per heavy atom. The number of benzene rings is 2. The van der Waals surface area contributed by atoms with Crippen LogP contribution in [0.1, 0.15) is 28.3 Å². The van der Waals surface area contributed by atoms with Crippen LogP contribution in [0.15, 0.2) is 36.4 Å². The summed E-state index contributed by atoms with van der Waals surface area (Å²) in [6, 6.07) is 11.3. The third-order valence-electron chi connectivity index (χ3n) is 3.57. The van der Waals surface area contributed by atoms with Gasteiger partial charge >= 0.3 is 0 Å². The summed E-state index contributed by atoms with van der Waals surface area (Å²) in [7, 11) is 3.54. The summed E-state index contributed by atoms with van der Waals surface area (Å²) in [5.41, 5.74) is 3.74. The van der Waals surface area contributed by atoms with Gasteiger partial charge in [-0.2, -0.15) is 0 Å². The van der Waals surface area contributed by atoms with Gasteiger partial charge in [-0.25, -0.2) is 4.39 Å². The molecule has 1 N–H and O–H groups in total. The highest BCUT2D eigenvalue weighted by Gasteiger charge is 2.14. The van der Waals surface area contributed by atoms with E-state index >= 15 is 0 Å². The van der Waals surface area contributed by atoms with E-state index in [4.69, 9.17) is 4.74 Å². The molecule has 0 saturated heterocycles. The Balaban J connectivity index is 2.41. The number of hydrogen-bond acceptors (Lipinski definition) is 2. The van der Waals surface area contributed by atoms with Crippen molar-refractivity contribution in [1.29, 1.82) is 0 Å². The third kappa shape index (κ3) is 2.83. The summed E-state index contributed by atoms with van der Waals surface area (Å²) in [4.78, 5) is 0. The topological polar surface area (TPSA) is 21.3 Å². The third-order valence-corrected chi connectivity index (χ3v) is 3.57. The Labute approximate surface area is 119 Å². The van der Waals surface area contributed by atoms with E-state index < -0.39 is 0 Å². The van der Waals surface area contributed by atoms with Crippen LogP contribution in [-0.4, -0.2) is 14.2 Å². The molecule has 0 fully saturated rings. The zero-order valence-corrected chi connectivity index (χ0v) is 12.3. The second-order valence-corrected chi connectivity index (χ2v) is 4.96. The lowest BCUT2D eigenvalue weighted by Gasteiger charge is -2.19. The second kappa shape index (κ2) is 6.06. The van der Waals surface area contributed by atoms with Crippen molar-refractivity contribution < 1.29 is 9.13 Å². The number of aryl methyl sites for hydroxylation is 2. The van der Waals surface area contributed by atoms with Crippen molar-refractivity contribution in [3.63, 3.8) is 0 Å². The molecular formula is C17H20FNO. The highest BCUT2D eigenvalue weighted by atomic mass is 19.1. The molecular weight excluding hydrogens is 253 g/mol. The standard InChI is InChI=1S/C17H20FNO/c1-11-5-6-14(10-15(11)18)17(19-3)13-7-8-16(20-4)12(2)9-13/h5-10,17,19H,1-4H3. The molecule has 2 aromatic carbocycles. The first-order chi connectivity index (χ1) is 9.56. The first-order valence-corrected chi connectivity index (χ1v) is 6.64. The summed E-state index contributed by atoms with van der Waals surface area (Å²) in [6.45, 7) is 3.77. The number of methoxy groups -OCH3 is 1. The fourth-order valence-electron chi connectivity index (χ4n) is 2.40. The van der Waals surface area contributed by atoms with E-state index in [1.165, 1.54) is 0 Å². The van der Waals surface area contributed by atoms with Crippen molar-refractivity contribution in [2.24, 2.45) is 0 Å². The molecule has 0 aliphatic carbocycles. The zero-order valence-electron chi connectivity index (χ0n) is 12.3. The number of halogens is 1. The Morgan fingerprint density at radius 3 is 2.20 bits per heavy atom. The summed E-state index contributed by atoms with van der Waals surface area (Å²) >= 11 is 0. The van der Waals surface area contributed by atoms with Crippen LogP contribution in [0.4, 0.5) is 4.39 Å². The van der Waals surface area contributed by atoms with Crippen LogP contribution in [0.25, 0.3) is 0 Å². The van der Waals surface area contributed by atoms with E-state index in [0.717, 1.165) is 22.4 Å². The van der Waals surface area contributed by atoms with Gasteiger partial charge in [0.25, 0.3) is 0 Å². The maximum absolute atomic E-state index is 13.7. The van der Waals surface area contributed by atoms with Gasteiger partial charge in [0, 0.05) is 0 Å². The Kier molecular flexibility index (Phi) is 4.40. The van der Waals surface area contributed by atoms with Gasteiger partial charge < -0.3 is 10.1 Å². The van der Waals surface area contributed by atoms with Gasteiger partial charge in [0.1, 0.15) is 11.6 Å². The van der Waals surface area contributed by atoms with Gasteiger partial charge in [0.2, 0.25) is 0 Å². The van der Waals surface area contributed by atoms with E-state index in [1.54, 1.807) is 20.1 Å². The summed E-state index contributed by atoms with van der Waals surface area (Å²) in [5.74, 6) is 0.687. The van der Waals surface area contributed by atoms with Crippen molar-refractivity contribution in [3.8, 4) is 5.75 Å². The van der Waals surface area contributed by atoms with Crippen molar-refractivity contribution in [2.75, 3.05) is 14.2 Å². The van der Waals surface area contributed by atoms with E-state index in [0.29, 0.717) is 5.56 Å². The molecule has 0 aliphatic rings. The lowest BCUT2D eigenvalue weighted by Crippen LogP contribution is -2.18. The average molecular weight is 273 g/mol. The van der Waals surface area contributed by atoms with E-state index in [1.807, 2.05) is 38.2 Å². The molecule has 0 aliphatic heterocycles. The van der Waals surface area contributed by atoms with Crippen LogP contribution in [0.5, 0.6) is 5.75 Å². The Bertz CT molecular complexity index is 610. The first kappa shape index (κ1) is 14.5. The van der Waals surface area contributed by atoms with Gasteiger partial charge in [-0.1, -0.05) is 24.3 Å². The van der Waals surface area contributed by atoms with Crippen molar-refractivity contribution >= 4 is 0 Å². The lowest BCUT2D eigenvalue weighted by molar-refractivity contribution is 0.411. The number of ether oxygens (including phenoxy) is 1. The van der Waals surface area contributed by atoms with Crippen LogP contribution in [0.2, 0.25) is 0 Å². The summed E-state index contributed by atoms with van der Waals surface area (Å²) in [6.07, 6.45) is 0. The quantitative estimate of drug-likeness (QED) is 0.915. The molecule has 2 rings (SSSR count). The highest BCUT2D eigenvalue weighted by molar-refractivity contribution is 5.41. The van der Waals surface area contributed by atoms with E-state index in [9.17, 15) is 4.39 Å². The molecule has 106 valence electrons. The van der Waals surface area contributed by atoms with Crippen LogP contribution in [0.3, 0.4) is 0 Å². The molecule has 1 atom stereocenters. The lowest BCUT2D eigenvalue weighted by atomic mass is 9.96. The minimum Gasteiger partial charge on any atom is -0.496 e. The normalized spacial score (nSPS) is 12.2. The Hall–Kier alpha value is -1.87. The van der Waals surface area contributed by atoms with Gasteiger partial charge in [-0.05, 0) is 55.3 Å². The Morgan fingerprint density at radius 1 is 1.00 bits per heavy atom. The molecule has 0 aromatic heterocycles. The smallest absolute Gasteiger partial charge is 0.126 e. The fourth-order valence-corrected chi connectivity index (χ4v) is 2.40. The predicted octanol–water partition coefficient (Wildman–Crippen LogP) is 3.76. The number of rotatable bonds is 4. The summed E-state index contributed by atoms with van der Waals surface area (Å²) in [5, 5.41) is 3.24. The molecule has 2 nitrogen and oxygen atoms in total. The molecule has 0 amide bonds. The average Bonchev–Trinajstić information content (AvgIpc) is 2.44. The van der Waals surface area contributed by atoms with Crippen LogP contribution in [-0.2, 0) is 0 Å². The maximum Gasteiger partial charge on any atom is 0.126 e. The molecule has 20 heavy (non-hydrogen) atoms. The van der Waals surface area contributed by atoms with Crippen molar-refractivity contribution in [1.82, 2.24) is 5.32 Å². The molecule has 1 unspecified atom stereocenters. The molecule has 0 saturated carbocycles. The van der Waals surface area contributed by atoms with E-state index in [-0.39, 0.29) is 11.9 Å². The highest BCUT2D eigenvalue weighted by Crippen LogP contribution is 2.27. The zero-order chi connectivity index (χ0) is 14.7. The summed E-state index contributed by atoms with van der Waals surface area (Å²) < 4.78 is 19.0. The second-order valence-electron chi connectivity index (χ2n) is 4.96. The molecule has 2 aromatic rings. The minimum atomic E-state index is -0.173. The van der Waals surface area contributed by atoms with Gasteiger partial charge in [-0.15, -0.1) is 0 Å². The monoisotopic (exact) mass is 273 g/mol. The maximum atomic E-state index is 13.7. The van der Waals surface area contributed by atoms with Crippen LogP contribution < -0.4 is 10.1 Å². The first-order valence-electron chi connectivity index (χ1n) is 6.64. The van der Waals surface area contributed by atoms with Crippen LogP contribution >= 0.6 is 0 Å². The number of hydrogen-bond donors (Lipinski definition) is 1. The molecule has 3 heteroatoms.